The number of halogens is 3. The van der Waals surface area contributed by atoms with Crippen molar-refractivity contribution in [2.45, 2.75) is 6.18 Å². The number of ether oxygens (including phenoxy) is 1. The van der Waals surface area contributed by atoms with E-state index in [4.69, 9.17) is 9.15 Å². The van der Waals surface area contributed by atoms with E-state index in [0.29, 0.717) is 5.58 Å². The Balaban J connectivity index is 1.79. The van der Waals surface area contributed by atoms with Crippen LogP contribution in [0.5, 0.6) is 5.75 Å². The predicted molar refractivity (Wildman–Crippen MR) is 82.2 cm³/mol. The number of para-hydroxylation sites is 3. The van der Waals surface area contributed by atoms with Crippen molar-refractivity contribution in [1.82, 2.24) is 0 Å². The van der Waals surface area contributed by atoms with Crippen LogP contribution in [0.25, 0.3) is 11.0 Å². The summed E-state index contributed by atoms with van der Waals surface area (Å²) in [7, 11) is 0. The number of furan rings is 1. The molecule has 3 rings (SSSR count). The van der Waals surface area contributed by atoms with Gasteiger partial charge in [0.25, 0.3) is 5.91 Å². The molecule has 0 fully saturated rings. The topological polar surface area (TPSA) is 51.5 Å². The summed E-state index contributed by atoms with van der Waals surface area (Å²) in [4.78, 5) is 12.3. The van der Waals surface area contributed by atoms with Crippen LogP contribution in [0.1, 0.15) is 10.6 Å². The molecule has 24 heavy (non-hydrogen) atoms. The van der Waals surface area contributed by atoms with Gasteiger partial charge in [0.15, 0.2) is 12.4 Å². The van der Waals surface area contributed by atoms with Gasteiger partial charge < -0.3 is 14.5 Å². The van der Waals surface area contributed by atoms with Crippen LogP contribution in [0.15, 0.2) is 59.0 Å². The molecule has 1 N–H and O–H groups in total. The molecule has 1 aromatic heterocycles. The Hall–Kier alpha value is -2.96. The predicted octanol–water partition coefficient (Wildman–Crippen LogP) is 4.63. The molecule has 0 atom stereocenters. The maximum atomic E-state index is 12.3. The van der Waals surface area contributed by atoms with Crippen LogP contribution in [0.4, 0.5) is 18.9 Å². The highest BCUT2D eigenvalue weighted by Crippen LogP contribution is 2.27. The van der Waals surface area contributed by atoms with E-state index in [9.17, 15) is 18.0 Å². The third kappa shape index (κ3) is 3.68. The van der Waals surface area contributed by atoms with Crippen molar-refractivity contribution in [3.05, 3.63) is 60.4 Å². The zero-order valence-electron chi connectivity index (χ0n) is 12.3. The van der Waals surface area contributed by atoms with E-state index in [0.717, 1.165) is 5.39 Å². The summed E-state index contributed by atoms with van der Waals surface area (Å²) >= 11 is 0. The number of hydrogen-bond donors (Lipinski definition) is 1. The molecule has 124 valence electrons. The smallest absolute Gasteiger partial charge is 0.422 e. The first-order valence-electron chi connectivity index (χ1n) is 7.01. The maximum Gasteiger partial charge on any atom is 0.422 e. The minimum absolute atomic E-state index is 0.0572. The van der Waals surface area contributed by atoms with E-state index in [1.54, 1.807) is 36.4 Å². The summed E-state index contributed by atoms with van der Waals surface area (Å²) in [5, 5.41) is 3.25. The SMILES string of the molecule is O=C(Nc1ccccc1OCC(F)(F)F)c1cc2ccccc2o1. The van der Waals surface area contributed by atoms with Crippen LogP contribution in [0, 0.1) is 0 Å². The second-order valence-corrected chi connectivity index (χ2v) is 5.00. The van der Waals surface area contributed by atoms with Gasteiger partial charge in [0, 0.05) is 5.39 Å². The summed E-state index contributed by atoms with van der Waals surface area (Å²) in [5.41, 5.74) is 0.677. The normalized spacial score (nSPS) is 11.5. The van der Waals surface area contributed by atoms with Crippen molar-refractivity contribution in [1.29, 1.82) is 0 Å². The highest BCUT2D eigenvalue weighted by molar-refractivity contribution is 6.05. The first-order chi connectivity index (χ1) is 11.4. The lowest BCUT2D eigenvalue weighted by atomic mass is 10.2. The highest BCUT2D eigenvalue weighted by Gasteiger charge is 2.29. The van der Waals surface area contributed by atoms with Gasteiger partial charge >= 0.3 is 6.18 Å². The highest BCUT2D eigenvalue weighted by atomic mass is 19.4. The van der Waals surface area contributed by atoms with Gasteiger partial charge in [-0.3, -0.25) is 4.79 Å². The number of rotatable bonds is 4. The van der Waals surface area contributed by atoms with E-state index in [-0.39, 0.29) is 17.2 Å². The fourth-order valence-corrected chi connectivity index (χ4v) is 2.13. The summed E-state index contributed by atoms with van der Waals surface area (Å²) in [6.07, 6.45) is -4.46. The number of alkyl halides is 3. The lowest BCUT2D eigenvalue weighted by Gasteiger charge is -2.13. The van der Waals surface area contributed by atoms with Crippen LogP contribution in [0.2, 0.25) is 0 Å². The van der Waals surface area contributed by atoms with Crippen molar-refractivity contribution in [3.63, 3.8) is 0 Å². The number of fused-ring (bicyclic) bond motifs is 1. The zero-order chi connectivity index (χ0) is 17.2. The molecule has 1 heterocycles. The quantitative estimate of drug-likeness (QED) is 0.756. The first kappa shape index (κ1) is 15.9. The van der Waals surface area contributed by atoms with Crippen molar-refractivity contribution in [2.75, 3.05) is 11.9 Å². The summed E-state index contributed by atoms with van der Waals surface area (Å²) in [6.45, 7) is -1.44. The molecular formula is C17H12F3NO3. The third-order valence-corrected chi connectivity index (χ3v) is 3.18. The van der Waals surface area contributed by atoms with Gasteiger partial charge in [-0.05, 0) is 24.3 Å². The summed E-state index contributed by atoms with van der Waals surface area (Å²) in [5.74, 6) is -0.588. The molecule has 1 amide bonds. The number of amides is 1. The summed E-state index contributed by atoms with van der Waals surface area (Å²) in [6, 6.07) is 14.5. The average molecular weight is 335 g/mol. The average Bonchev–Trinajstić information content (AvgIpc) is 2.97. The number of benzene rings is 2. The lowest BCUT2D eigenvalue weighted by molar-refractivity contribution is -0.153. The largest absolute Gasteiger partial charge is 0.482 e. The van der Waals surface area contributed by atoms with Crippen molar-refractivity contribution in [2.24, 2.45) is 0 Å². The number of carbonyl (C=O) groups excluding carboxylic acids is 1. The first-order valence-corrected chi connectivity index (χ1v) is 7.01. The van der Waals surface area contributed by atoms with Gasteiger partial charge in [-0.1, -0.05) is 30.3 Å². The Morgan fingerprint density at radius 3 is 2.54 bits per heavy atom. The Kier molecular flexibility index (Phi) is 4.16. The van der Waals surface area contributed by atoms with Gasteiger partial charge in [0.05, 0.1) is 5.69 Å². The number of carbonyl (C=O) groups is 1. The Bertz CT molecular complexity index is 838. The third-order valence-electron chi connectivity index (χ3n) is 3.18. The van der Waals surface area contributed by atoms with Gasteiger partial charge in [0.2, 0.25) is 0 Å². The molecule has 0 bridgehead atoms. The standard InChI is InChI=1S/C17H12F3NO3/c18-17(19,20)10-23-14-8-4-2-6-12(14)21-16(22)15-9-11-5-1-3-7-13(11)24-15/h1-9H,10H2,(H,21,22). The van der Waals surface area contributed by atoms with Gasteiger partial charge in [-0.15, -0.1) is 0 Å². The molecule has 0 saturated carbocycles. The van der Waals surface area contributed by atoms with E-state index < -0.39 is 18.7 Å². The molecule has 3 aromatic rings. The van der Waals surface area contributed by atoms with Crippen molar-refractivity contribution >= 4 is 22.6 Å². The van der Waals surface area contributed by atoms with Crippen LogP contribution in [-0.4, -0.2) is 18.7 Å². The van der Waals surface area contributed by atoms with E-state index in [1.807, 2.05) is 0 Å². The number of nitrogens with one attached hydrogen (secondary N) is 1. The van der Waals surface area contributed by atoms with Crippen molar-refractivity contribution in [3.8, 4) is 5.75 Å². The molecule has 0 aliphatic rings. The molecule has 2 aromatic carbocycles. The minimum Gasteiger partial charge on any atom is -0.482 e. The second-order valence-electron chi connectivity index (χ2n) is 5.00. The van der Waals surface area contributed by atoms with Gasteiger partial charge in [-0.25, -0.2) is 0 Å². The molecule has 0 spiro atoms. The Labute approximate surface area is 134 Å². The number of hydrogen-bond acceptors (Lipinski definition) is 3. The fourth-order valence-electron chi connectivity index (χ4n) is 2.13. The van der Waals surface area contributed by atoms with E-state index in [2.05, 4.69) is 5.32 Å². The molecule has 4 nitrogen and oxygen atoms in total. The molecule has 0 unspecified atom stereocenters. The van der Waals surface area contributed by atoms with E-state index in [1.165, 1.54) is 18.2 Å². The summed E-state index contributed by atoms with van der Waals surface area (Å²) < 4.78 is 47.0. The molecule has 0 saturated heterocycles. The molecule has 0 aliphatic carbocycles. The molecular weight excluding hydrogens is 323 g/mol. The van der Waals surface area contributed by atoms with Crippen LogP contribution < -0.4 is 10.1 Å². The molecule has 0 radical (unpaired) electrons. The maximum absolute atomic E-state index is 12.3. The zero-order valence-corrected chi connectivity index (χ0v) is 12.3. The van der Waals surface area contributed by atoms with Gasteiger partial charge in [-0.2, -0.15) is 13.2 Å². The lowest BCUT2D eigenvalue weighted by Crippen LogP contribution is -2.20. The monoisotopic (exact) mass is 335 g/mol. The number of anilines is 1. The van der Waals surface area contributed by atoms with Crippen LogP contribution in [0.3, 0.4) is 0 Å². The Morgan fingerprint density at radius 2 is 1.79 bits per heavy atom. The van der Waals surface area contributed by atoms with Crippen LogP contribution in [-0.2, 0) is 0 Å². The van der Waals surface area contributed by atoms with Gasteiger partial charge in [0.1, 0.15) is 11.3 Å². The second kappa shape index (κ2) is 6.27. The fraction of sp³-hybridized carbons (Fsp3) is 0.118. The Morgan fingerprint density at radius 1 is 1.08 bits per heavy atom. The van der Waals surface area contributed by atoms with Crippen LogP contribution >= 0.6 is 0 Å². The minimum atomic E-state index is -4.46. The molecule has 7 heteroatoms. The molecule has 0 aliphatic heterocycles. The van der Waals surface area contributed by atoms with E-state index >= 15 is 0 Å². The van der Waals surface area contributed by atoms with Crippen molar-refractivity contribution < 1.29 is 27.1 Å².